The average molecular weight is 276 g/mol. The second kappa shape index (κ2) is 5.72. The fraction of sp³-hybridized carbons (Fsp3) is 0.400. The van der Waals surface area contributed by atoms with Crippen LogP contribution in [0.15, 0.2) is 18.2 Å². The average Bonchev–Trinajstić information content (AvgIpc) is 2.70. The molecule has 1 N–H and O–H groups in total. The van der Waals surface area contributed by atoms with Gasteiger partial charge < -0.3 is 10.1 Å². The van der Waals surface area contributed by atoms with Crippen molar-refractivity contribution in [2.75, 3.05) is 14.2 Å². The van der Waals surface area contributed by atoms with Crippen LogP contribution in [0.1, 0.15) is 32.7 Å². The molecule has 1 unspecified atom stereocenters. The molecule has 0 spiro atoms. The zero-order valence-electron chi connectivity index (χ0n) is 12.1. The number of aryl methyl sites for hydroxylation is 3. The number of aromatic nitrogens is 1. The maximum absolute atomic E-state index is 5.50. The van der Waals surface area contributed by atoms with E-state index in [1.807, 2.05) is 20.0 Å². The molecule has 2 rings (SSSR count). The van der Waals surface area contributed by atoms with Gasteiger partial charge in [-0.05, 0) is 33.9 Å². The van der Waals surface area contributed by atoms with Crippen LogP contribution in [0.4, 0.5) is 0 Å². The third-order valence-corrected chi connectivity index (χ3v) is 4.32. The number of thiazole rings is 1. The summed E-state index contributed by atoms with van der Waals surface area (Å²) in [4.78, 5) is 5.77. The van der Waals surface area contributed by atoms with E-state index in [-0.39, 0.29) is 6.04 Å². The normalized spacial score (nSPS) is 12.5. The highest BCUT2D eigenvalue weighted by molar-refractivity contribution is 7.11. The van der Waals surface area contributed by atoms with Crippen molar-refractivity contribution in [2.24, 2.45) is 0 Å². The summed E-state index contributed by atoms with van der Waals surface area (Å²) >= 11 is 1.74. The Morgan fingerprint density at radius 1 is 1.26 bits per heavy atom. The summed E-state index contributed by atoms with van der Waals surface area (Å²) in [6, 6.07) is 6.40. The van der Waals surface area contributed by atoms with Gasteiger partial charge in [0.2, 0.25) is 0 Å². The smallest absolute Gasteiger partial charge is 0.124 e. The van der Waals surface area contributed by atoms with Crippen molar-refractivity contribution >= 4 is 11.3 Å². The molecule has 102 valence electrons. The fourth-order valence-corrected chi connectivity index (χ4v) is 3.38. The Balaban J connectivity index is 2.53. The monoisotopic (exact) mass is 276 g/mol. The van der Waals surface area contributed by atoms with E-state index in [9.17, 15) is 0 Å². The molecule has 0 fully saturated rings. The van der Waals surface area contributed by atoms with Crippen LogP contribution >= 0.6 is 11.3 Å². The zero-order chi connectivity index (χ0) is 14.0. The highest BCUT2D eigenvalue weighted by Crippen LogP contribution is 2.34. The number of hydrogen-bond donors (Lipinski definition) is 1. The lowest BCUT2D eigenvalue weighted by Gasteiger charge is -2.19. The molecular weight excluding hydrogens is 256 g/mol. The molecule has 0 aliphatic heterocycles. The molecule has 3 nitrogen and oxygen atoms in total. The molecule has 1 heterocycles. The largest absolute Gasteiger partial charge is 0.496 e. The number of ether oxygens (including phenoxy) is 1. The summed E-state index contributed by atoms with van der Waals surface area (Å²) < 4.78 is 5.50. The van der Waals surface area contributed by atoms with Gasteiger partial charge in [0.15, 0.2) is 0 Å². The minimum atomic E-state index is 0.126. The molecule has 19 heavy (non-hydrogen) atoms. The van der Waals surface area contributed by atoms with E-state index in [0.29, 0.717) is 0 Å². The molecule has 0 aliphatic rings. The molecule has 4 heteroatoms. The molecule has 1 atom stereocenters. The molecule has 0 bridgehead atoms. The van der Waals surface area contributed by atoms with Crippen molar-refractivity contribution in [1.29, 1.82) is 0 Å². The predicted octanol–water partition coefficient (Wildman–Crippen LogP) is 3.39. The summed E-state index contributed by atoms with van der Waals surface area (Å²) in [6.45, 7) is 6.20. The van der Waals surface area contributed by atoms with Crippen LogP contribution in [-0.2, 0) is 0 Å². The SMILES string of the molecule is CNC(c1cc(C)ccc1OC)c1sc(C)nc1C. The predicted molar refractivity (Wildman–Crippen MR) is 80.2 cm³/mol. The van der Waals surface area contributed by atoms with Crippen LogP contribution in [0.2, 0.25) is 0 Å². The van der Waals surface area contributed by atoms with Crippen molar-refractivity contribution in [3.63, 3.8) is 0 Å². The second-order valence-corrected chi connectivity index (χ2v) is 5.88. The van der Waals surface area contributed by atoms with Gasteiger partial charge in [-0.1, -0.05) is 17.7 Å². The lowest BCUT2D eigenvalue weighted by atomic mass is 10.0. The van der Waals surface area contributed by atoms with Crippen LogP contribution in [0, 0.1) is 20.8 Å². The third kappa shape index (κ3) is 2.80. The fourth-order valence-electron chi connectivity index (χ4n) is 2.32. The van der Waals surface area contributed by atoms with E-state index in [1.54, 1.807) is 18.4 Å². The lowest BCUT2D eigenvalue weighted by molar-refractivity contribution is 0.405. The van der Waals surface area contributed by atoms with Crippen LogP contribution in [0.25, 0.3) is 0 Å². The maximum atomic E-state index is 5.50. The molecule has 0 radical (unpaired) electrons. The van der Waals surface area contributed by atoms with Gasteiger partial charge in [0.25, 0.3) is 0 Å². The maximum Gasteiger partial charge on any atom is 0.124 e. The van der Waals surface area contributed by atoms with Crippen molar-refractivity contribution < 1.29 is 4.74 Å². The van der Waals surface area contributed by atoms with Crippen LogP contribution in [0.5, 0.6) is 5.75 Å². The lowest BCUT2D eigenvalue weighted by Crippen LogP contribution is -2.18. The summed E-state index contributed by atoms with van der Waals surface area (Å²) in [5.74, 6) is 0.912. The Morgan fingerprint density at radius 3 is 2.53 bits per heavy atom. The summed E-state index contributed by atoms with van der Waals surface area (Å²) in [5.41, 5.74) is 3.48. The van der Waals surface area contributed by atoms with Gasteiger partial charge in [-0.3, -0.25) is 0 Å². The number of benzene rings is 1. The van der Waals surface area contributed by atoms with Crippen molar-refractivity contribution in [3.05, 3.63) is 44.9 Å². The third-order valence-electron chi connectivity index (χ3n) is 3.19. The standard InChI is InChI=1S/C15H20N2OS/c1-9-6-7-13(18-5)12(8-9)14(16-4)15-10(2)17-11(3)19-15/h6-8,14,16H,1-5H3. The Hall–Kier alpha value is -1.39. The van der Waals surface area contributed by atoms with E-state index in [2.05, 4.69) is 36.3 Å². The van der Waals surface area contributed by atoms with E-state index in [0.717, 1.165) is 22.0 Å². The molecule has 0 saturated carbocycles. The number of methoxy groups -OCH3 is 1. The summed E-state index contributed by atoms with van der Waals surface area (Å²) in [7, 11) is 3.69. The highest BCUT2D eigenvalue weighted by Gasteiger charge is 2.21. The van der Waals surface area contributed by atoms with Crippen LogP contribution < -0.4 is 10.1 Å². The van der Waals surface area contributed by atoms with E-state index >= 15 is 0 Å². The van der Waals surface area contributed by atoms with E-state index in [4.69, 9.17) is 4.74 Å². The molecule has 0 amide bonds. The van der Waals surface area contributed by atoms with E-state index in [1.165, 1.54) is 10.4 Å². The highest BCUT2D eigenvalue weighted by atomic mass is 32.1. The van der Waals surface area contributed by atoms with Crippen molar-refractivity contribution in [2.45, 2.75) is 26.8 Å². The number of rotatable bonds is 4. The van der Waals surface area contributed by atoms with Gasteiger partial charge >= 0.3 is 0 Å². The van der Waals surface area contributed by atoms with Gasteiger partial charge in [-0.15, -0.1) is 11.3 Å². The second-order valence-electron chi connectivity index (χ2n) is 4.65. The molecule has 2 aromatic rings. The minimum absolute atomic E-state index is 0.126. The summed E-state index contributed by atoms with van der Waals surface area (Å²) in [5, 5.41) is 4.48. The molecule has 1 aromatic carbocycles. The molecule has 0 saturated heterocycles. The van der Waals surface area contributed by atoms with Gasteiger partial charge in [-0.2, -0.15) is 0 Å². The van der Waals surface area contributed by atoms with Crippen LogP contribution in [-0.4, -0.2) is 19.1 Å². The first-order chi connectivity index (χ1) is 9.06. The number of hydrogen-bond acceptors (Lipinski definition) is 4. The Kier molecular flexibility index (Phi) is 4.22. The van der Waals surface area contributed by atoms with Crippen molar-refractivity contribution in [1.82, 2.24) is 10.3 Å². The zero-order valence-corrected chi connectivity index (χ0v) is 12.9. The number of nitrogens with zero attached hydrogens (tertiary/aromatic N) is 1. The Bertz CT molecular complexity index is 578. The molecule has 0 aliphatic carbocycles. The van der Waals surface area contributed by atoms with Crippen molar-refractivity contribution in [3.8, 4) is 5.75 Å². The van der Waals surface area contributed by atoms with Gasteiger partial charge in [0.1, 0.15) is 5.75 Å². The van der Waals surface area contributed by atoms with E-state index < -0.39 is 0 Å². The first kappa shape index (κ1) is 14.0. The topological polar surface area (TPSA) is 34.1 Å². The molecular formula is C15H20N2OS. The Morgan fingerprint density at radius 2 is 2.00 bits per heavy atom. The molecule has 1 aromatic heterocycles. The quantitative estimate of drug-likeness (QED) is 0.929. The Labute approximate surface area is 118 Å². The van der Waals surface area contributed by atoms with Crippen LogP contribution in [0.3, 0.4) is 0 Å². The van der Waals surface area contributed by atoms with Gasteiger partial charge in [0.05, 0.1) is 23.9 Å². The van der Waals surface area contributed by atoms with Gasteiger partial charge in [0, 0.05) is 10.4 Å². The first-order valence-corrected chi connectivity index (χ1v) is 7.14. The summed E-state index contributed by atoms with van der Waals surface area (Å²) in [6.07, 6.45) is 0. The minimum Gasteiger partial charge on any atom is -0.496 e. The first-order valence-electron chi connectivity index (χ1n) is 6.32. The number of nitrogens with one attached hydrogen (secondary N) is 1. The van der Waals surface area contributed by atoms with Gasteiger partial charge in [-0.25, -0.2) is 4.98 Å².